The van der Waals surface area contributed by atoms with Gasteiger partial charge in [-0.15, -0.1) is 0 Å². The average Bonchev–Trinajstić information content (AvgIpc) is 2.70. The molecule has 146 valence electrons. The van der Waals surface area contributed by atoms with Crippen molar-refractivity contribution >= 4 is 11.6 Å². The smallest absolute Gasteiger partial charge is 0.161 e. The second-order valence-electron chi connectivity index (χ2n) is 6.17. The van der Waals surface area contributed by atoms with Crippen molar-refractivity contribution in [3.8, 4) is 11.5 Å². The minimum atomic E-state index is -0.387. The first kappa shape index (κ1) is 20.1. The van der Waals surface area contributed by atoms with Gasteiger partial charge in [0.15, 0.2) is 11.5 Å². The zero-order chi connectivity index (χ0) is 19.8. The zero-order valence-corrected chi connectivity index (χ0v) is 16.4. The molecule has 0 aliphatic heterocycles. The summed E-state index contributed by atoms with van der Waals surface area (Å²) in [5.74, 6) is 0.787. The Labute approximate surface area is 169 Å². The quantitative estimate of drug-likeness (QED) is 0.540. The van der Waals surface area contributed by atoms with E-state index in [1.807, 2.05) is 43.5 Å². The van der Waals surface area contributed by atoms with E-state index in [0.29, 0.717) is 35.2 Å². The highest BCUT2D eigenvalue weighted by Gasteiger charge is 2.11. The van der Waals surface area contributed by atoms with Crippen molar-refractivity contribution in [3.05, 3.63) is 88.5 Å². The maximum Gasteiger partial charge on any atom is 0.161 e. The highest BCUT2D eigenvalue weighted by Crippen LogP contribution is 2.30. The Morgan fingerprint density at radius 3 is 2.61 bits per heavy atom. The summed E-state index contributed by atoms with van der Waals surface area (Å²) >= 11 is 6.07. The SMILES string of the molecule is CCOc1cc(CNCc2cccnc2)ccc1OCc1c(F)cccc1Cl. The number of benzene rings is 2. The molecular weight excluding hydrogens is 379 g/mol. The summed E-state index contributed by atoms with van der Waals surface area (Å²) in [5, 5.41) is 3.72. The highest BCUT2D eigenvalue weighted by atomic mass is 35.5. The second kappa shape index (κ2) is 10.1. The van der Waals surface area contributed by atoms with Crippen LogP contribution in [0.25, 0.3) is 0 Å². The molecule has 1 aromatic heterocycles. The van der Waals surface area contributed by atoms with E-state index in [1.54, 1.807) is 18.3 Å². The Morgan fingerprint density at radius 1 is 1.00 bits per heavy atom. The number of hydrogen-bond donors (Lipinski definition) is 1. The predicted molar refractivity (Wildman–Crippen MR) is 108 cm³/mol. The molecule has 28 heavy (non-hydrogen) atoms. The first-order valence-electron chi connectivity index (χ1n) is 9.08. The van der Waals surface area contributed by atoms with Crippen LogP contribution in [0.3, 0.4) is 0 Å². The molecule has 4 nitrogen and oxygen atoms in total. The minimum absolute atomic E-state index is 0.0319. The van der Waals surface area contributed by atoms with Crippen molar-refractivity contribution in [2.24, 2.45) is 0 Å². The molecule has 0 amide bonds. The lowest BCUT2D eigenvalue weighted by molar-refractivity contribution is 0.265. The van der Waals surface area contributed by atoms with Gasteiger partial charge in [0.05, 0.1) is 11.6 Å². The molecular formula is C22H22ClFN2O2. The van der Waals surface area contributed by atoms with E-state index >= 15 is 0 Å². The molecule has 2 aromatic carbocycles. The van der Waals surface area contributed by atoms with Crippen molar-refractivity contribution in [1.29, 1.82) is 0 Å². The van der Waals surface area contributed by atoms with Crippen molar-refractivity contribution in [2.75, 3.05) is 6.61 Å². The number of halogens is 2. The molecule has 0 aliphatic carbocycles. The summed E-state index contributed by atoms with van der Waals surface area (Å²) in [6.07, 6.45) is 3.59. The fraction of sp³-hybridized carbons (Fsp3) is 0.227. The highest BCUT2D eigenvalue weighted by molar-refractivity contribution is 6.31. The van der Waals surface area contributed by atoms with Gasteiger partial charge in [-0.1, -0.05) is 29.8 Å². The summed E-state index contributed by atoms with van der Waals surface area (Å²) < 4.78 is 25.4. The maximum absolute atomic E-state index is 13.9. The van der Waals surface area contributed by atoms with Crippen LogP contribution in [0.15, 0.2) is 60.9 Å². The van der Waals surface area contributed by atoms with Crippen LogP contribution in [-0.2, 0) is 19.7 Å². The summed E-state index contributed by atoms with van der Waals surface area (Å²) in [6, 6.07) is 14.2. The molecule has 0 spiro atoms. The van der Waals surface area contributed by atoms with Crippen molar-refractivity contribution in [1.82, 2.24) is 10.3 Å². The van der Waals surface area contributed by atoms with Crippen LogP contribution in [-0.4, -0.2) is 11.6 Å². The first-order valence-corrected chi connectivity index (χ1v) is 9.46. The van der Waals surface area contributed by atoms with E-state index in [-0.39, 0.29) is 12.4 Å². The standard InChI is InChI=1S/C22H22ClFN2O2/c1-2-27-22-11-16(12-26-14-17-5-4-10-25-13-17)8-9-21(22)28-15-18-19(23)6-3-7-20(18)24/h3-11,13,26H,2,12,14-15H2,1H3. The van der Waals surface area contributed by atoms with Gasteiger partial charge in [-0.25, -0.2) is 4.39 Å². The zero-order valence-electron chi connectivity index (χ0n) is 15.6. The molecule has 0 saturated heterocycles. The van der Waals surface area contributed by atoms with E-state index in [9.17, 15) is 4.39 Å². The third-order valence-electron chi connectivity index (χ3n) is 4.12. The normalized spacial score (nSPS) is 10.7. The predicted octanol–water partition coefficient (Wildman–Crippen LogP) is 5.14. The lowest BCUT2D eigenvalue weighted by Crippen LogP contribution is -2.13. The van der Waals surface area contributed by atoms with Gasteiger partial charge in [0.25, 0.3) is 0 Å². The van der Waals surface area contributed by atoms with Crippen molar-refractivity contribution in [3.63, 3.8) is 0 Å². The summed E-state index contributed by atoms with van der Waals surface area (Å²) in [6.45, 7) is 3.84. The molecule has 0 unspecified atom stereocenters. The van der Waals surface area contributed by atoms with Crippen LogP contribution in [0, 0.1) is 5.82 Å². The molecule has 6 heteroatoms. The molecule has 3 aromatic rings. The van der Waals surface area contributed by atoms with Crippen LogP contribution in [0.4, 0.5) is 4.39 Å². The summed E-state index contributed by atoms with van der Waals surface area (Å²) in [5.41, 5.74) is 2.51. The topological polar surface area (TPSA) is 43.4 Å². The molecule has 0 atom stereocenters. The van der Waals surface area contributed by atoms with E-state index in [1.165, 1.54) is 6.07 Å². The monoisotopic (exact) mass is 400 g/mol. The van der Waals surface area contributed by atoms with Crippen LogP contribution < -0.4 is 14.8 Å². The van der Waals surface area contributed by atoms with Gasteiger partial charge in [0, 0.05) is 31.0 Å². The number of rotatable bonds is 9. The summed E-state index contributed by atoms with van der Waals surface area (Å²) in [4.78, 5) is 4.11. The molecule has 0 fully saturated rings. The third-order valence-corrected chi connectivity index (χ3v) is 4.48. The first-order chi connectivity index (χ1) is 13.7. The van der Waals surface area contributed by atoms with Gasteiger partial charge in [-0.3, -0.25) is 4.98 Å². The van der Waals surface area contributed by atoms with E-state index in [4.69, 9.17) is 21.1 Å². The van der Waals surface area contributed by atoms with Gasteiger partial charge in [0.2, 0.25) is 0 Å². The Bertz CT molecular complexity index is 886. The Hall–Kier alpha value is -2.63. The summed E-state index contributed by atoms with van der Waals surface area (Å²) in [7, 11) is 0. The second-order valence-corrected chi connectivity index (χ2v) is 6.58. The van der Waals surface area contributed by atoms with E-state index in [2.05, 4.69) is 10.3 Å². The Balaban J connectivity index is 1.65. The number of nitrogens with zero attached hydrogens (tertiary/aromatic N) is 1. The average molecular weight is 401 g/mol. The molecule has 0 bridgehead atoms. The molecule has 0 aliphatic rings. The number of hydrogen-bond acceptors (Lipinski definition) is 4. The van der Waals surface area contributed by atoms with E-state index in [0.717, 1.165) is 17.7 Å². The van der Waals surface area contributed by atoms with Gasteiger partial charge in [-0.05, 0) is 48.4 Å². The largest absolute Gasteiger partial charge is 0.490 e. The van der Waals surface area contributed by atoms with Gasteiger partial charge in [-0.2, -0.15) is 0 Å². The fourth-order valence-corrected chi connectivity index (χ4v) is 2.94. The molecule has 1 N–H and O–H groups in total. The Kier molecular flexibility index (Phi) is 7.23. The molecule has 3 rings (SSSR count). The van der Waals surface area contributed by atoms with Crippen LogP contribution in [0.1, 0.15) is 23.6 Å². The number of nitrogens with one attached hydrogen (secondary N) is 1. The number of ether oxygens (including phenoxy) is 2. The minimum Gasteiger partial charge on any atom is -0.490 e. The molecule has 0 radical (unpaired) electrons. The molecule has 1 heterocycles. The lowest BCUT2D eigenvalue weighted by atomic mass is 10.2. The van der Waals surface area contributed by atoms with Crippen LogP contribution in [0.5, 0.6) is 11.5 Å². The van der Waals surface area contributed by atoms with Gasteiger partial charge >= 0.3 is 0 Å². The maximum atomic E-state index is 13.9. The van der Waals surface area contributed by atoms with Gasteiger partial charge < -0.3 is 14.8 Å². The Morgan fingerprint density at radius 2 is 1.86 bits per heavy atom. The number of aromatic nitrogens is 1. The van der Waals surface area contributed by atoms with Crippen LogP contribution >= 0.6 is 11.6 Å². The van der Waals surface area contributed by atoms with Gasteiger partial charge in [0.1, 0.15) is 12.4 Å². The third kappa shape index (κ3) is 5.44. The molecule has 0 saturated carbocycles. The fourth-order valence-electron chi connectivity index (χ4n) is 2.72. The van der Waals surface area contributed by atoms with E-state index < -0.39 is 0 Å². The van der Waals surface area contributed by atoms with Crippen LogP contribution in [0.2, 0.25) is 5.02 Å². The number of pyridine rings is 1. The van der Waals surface area contributed by atoms with Crippen molar-refractivity contribution < 1.29 is 13.9 Å². The van der Waals surface area contributed by atoms with Crippen molar-refractivity contribution in [2.45, 2.75) is 26.6 Å². The lowest BCUT2D eigenvalue weighted by Gasteiger charge is -2.14.